The minimum atomic E-state index is 0.267. The molecule has 0 spiro atoms. The molecule has 0 aliphatic heterocycles. The van der Waals surface area contributed by atoms with Gasteiger partial charge in [0.15, 0.2) is 5.69 Å². The van der Waals surface area contributed by atoms with Crippen molar-refractivity contribution in [3.63, 3.8) is 0 Å². The van der Waals surface area contributed by atoms with Crippen molar-refractivity contribution in [1.29, 1.82) is 5.26 Å². The third-order valence-corrected chi connectivity index (χ3v) is 2.74. The molecule has 0 saturated carbocycles. The lowest BCUT2D eigenvalue weighted by Gasteiger charge is -2.07. The van der Waals surface area contributed by atoms with Gasteiger partial charge in [0.05, 0.1) is 12.0 Å². The average Bonchev–Trinajstić information content (AvgIpc) is 2.93. The van der Waals surface area contributed by atoms with Gasteiger partial charge < -0.3 is 15.6 Å². The Morgan fingerprint density at radius 1 is 1.37 bits per heavy atom. The second-order valence-corrected chi connectivity index (χ2v) is 4.18. The van der Waals surface area contributed by atoms with Crippen LogP contribution in [0.4, 0.5) is 11.5 Å². The lowest BCUT2D eigenvalue weighted by molar-refractivity contribution is 0.620. The largest absolute Gasteiger partial charge is 0.396 e. The van der Waals surface area contributed by atoms with Crippen molar-refractivity contribution < 1.29 is 0 Å². The van der Waals surface area contributed by atoms with Gasteiger partial charge in [-0.05, 0) is 25.0 Å². The second-order valence-electron chi connectivity index (χ2n) is 4.18. The first-order valence-corrected chi connectivity index (χ1v) is 6.16. The summed E-state index contributed by atoms with van der Waals surface area (Å²) in [5.74, 6) is 0.688. The Labute approximate surface area is 111 Å². The number of aromatic nitrogens is 3. The molecule has 0 aliphatic carbocycles. The van der Waals surface area contributed by atoms with Crippen molar-refractivity contribution in [3.8, 4) is 6.07 Å². The van der Waals surface area contributed by atoms with Crippen molar-refractivity contribution in [2.75, 3.05) is 17.6 Å². The molecule has 0 saturated heterocycles. The predicted molar refractivity (Wildman–Crippen MR) is 73.3 cm³/mol. The molecule has 98 valence electrons. The molecule has 2 heterocycles. The van der Waals surface area contributed by atoms with Gasteiger partial charge in [-0.1, -0.05) is 0 Å². The number of nitrogens with zero attached hydrogens (tertiary/aromatic N) is 4. The van der Waals surface area contributed by atoms with Gasteiger partial charge in [0.1, 0.15) is 11.9 Å². The molecule has 3 N–H and O–H groups in total. The van der Waals surface area contributed by atoms with Crippen LogP contribution in [-0.4, -0.2) is 21.1 Å². The average molecular weight is 256 g/mol. The van der Waals surface area contributed by atoms with Crippen molar-refractivity contribution in [2.24, 2.45) is 0 Å². The predicted octanol–water partition coefficient (Wildman–Crippen LogP) is 1.62. The molecule has 0 aliphatic rings. The van der Waals surface area contributed by atoms with Crippen molar-refractivity contribution in [2.45, 2.75) is 19.4 Å². The molecule has 19 heavy (non-hydrogen) atoms. The first-order valence-electron chi connectivity index (χ1n) is 6.16. The highest BCUT2D eigenvalue weighted by Gasteiger charge is 2.01. The Morgan fingerprint density at radius 2 is 2.26 bits per heavy atom. The van der Waals surface area contributed by atoms with Gasteiger partial charge in [0, 0.05) is 25.5 Å². The molecule has 0 bridgehead atoms. The van der Waals surface area contributed by atoms with Crippen molar-refractivity contribution >= 4 is 11.5 Å². The fourth-order valence-corrected chi connectivity index (χ4v) is 1.71. The number of rotatable bonds is 6. The van der Waals surface area contributed by atoms with Crippen LogP contribution in [0, 0.1) is 11.3 Å². The number of nitrogen functional groups attached to an aromatic ring is 1. The molecule has 0 atom stereocenters. The maximum atomic E-state index is 8.83. The number of nitrogens with one attached hydrogen (secondary N) is 1. The SMILES string of the molecule is N#Cc1nc(NCCCCn2ccnc2)ccc1N. The Balaban J connectivity index is 1.72. The molecule has 0 amide bonds. The molecule has 2 rings (SSSR count). The summed E-state index contributed by atoms with van der Waals surface area (Å²) in [6, 6.07) is 5.45. The topological polar surface area (TPSA) is 92.5 Å². The molecular formula is C13H16N6. The molecule has 0 radical (unpaired) electrons. The van der Waals surface area contributed by atoms with Crippen LogP contribution in [0.15, 0.2) is 30.9 Å². The second kappa shape index (κ2) is 6.40. The summed E-state index contributed by atoms with van der Waals surface area (Å²) in [6.07, 6.45) is 7.62. The van der Waals surface area contributed by atoms with Gasteiger partial charge in [-0.2, -0.15) is 5.26 Å². The van der Waals surface area contributed by atoms with E-state index in [0.717, 1.165) is 25.9 Å². The Bertz CT molecular complexity index is 555. The molecular weight excluding hydrogens is 240 g/mol. The summed E-state index contributed by atoms with van der Waals surface area (Å²) in [5.41, 5.74) is 6.29. The molecule has 6 nitrogen and oxygen atoms in total. The summed E-state index contributed by atoms with van der Waals surface area (Å²) in [5, 5.41) is 12.0. The van der Waals surface area contributed by atoms with Crippen LogP contribution in [0.1, 0.15) is 18.5 Å². The number of imidazole rings is 1. The zero-order chi connectivity index (χ0) is 13.5. The highest BCUT2D eigenvalue weighted by Crippen LogP contribution is 2.12. The summed E-state index contributed by atoms with van der Waals surface area (Å²) in [6.45, 7) is 1.77. The van der Waals surface area contributed by atoms with E-state index >= 15 is 0 Å². The quantitative estimate of drug-likeness (QED) is 0.766. The van der Waals surface area contributed by atoms with E-state index in [1.165, 1.54) is 0 Å². The first kappa shape index (κ1) is 12.9. The van der Waals surface area contributed by atoms with E-state index < -0.39 is 0 Å². The van der Waals surface area contributed by atoms with E-state index in [0.29, 0.717) is 11.5 Å². The van der Waals surface area contributed by atoms with Crippen LogP contribution in [-0.2, 0) is 6.54 Å². The highest BCUT2D eigenvalue weighted by atomic mass is 15.0. The summed E-state index contributed by atoms with van der Waals surface area (Å²) < 4.78 is 2.05. The number of hydrogen-bond donors (Lipinski definition) is 2. The molecule has 2 aromatic heterocycles. The van der Waals surface area contributed by atoms with Gasteiger partial charge in [0.25, 0.3) is 0 Å². The van der Waals surface area contributed by atoms with E-state index in [2.05, 4.69) is 19.9 Å². The van der Waals surface area contributed by atoms with E-state index in [9.17, 15) is 0 Å². The minimum absolute atomic E-state index is 0.267. The van der Waals surface area contributed by atoms with Crippen LogP contribution in [0.25, 0.3) is 0 Å². The summed E-state index contributed by atoms with van der Waals surface area (Å²) in [4.78, 5) is 8.12. The maximum Gasteiger partial charge on any atom is 0.165 e. The highest BCUT2D eigenvalue weighted by molar-refractivity contribution is 5.54. The number of nitrogens with two attached hydrogens (primary N) is 1. The number of unbranched alkanes of at least 4 members (excludes halogenated alkanes) is 1. The number of pyridine rings is 1. The lowest BCUT2D eigenvalue weighted by atomic mass is 10.3. The molecule has 2 aromatic rings. The first-order chi connectivity index (χ1) is 9.29. The van der Waals surface area contributed by atoms with Crippen molar-refractivity contribution in [1.82, 2.24) is 14.5 Å². The van der Waals surface area contributed by atoms with E-state index in [4.69, 9.17) is 11.0 Å². The van der Waals surface area contributed by atoms with Crippen LogP contribution < -0.4 is 11.1 Å². The normalized spacial score (nSPS) is 10.1. The smallest absolute Gasteiger partial charge is 0.165 e. The van der Waals surface area contributed by atoms with Gasteiger partial charge in [-0.3, -0.25) is 0 Å². The standard InChI is InChI=1S/C13H16N6/c14-9-12-11(15)3-4-13(18-12)17-5-1-2-7-19-8-6-16-10-19/h3-4,6,8,10H,1-2,5,7,15H2,(H,17,18). The van der Waals surface area contributed by atoms with Crippen molar-refractivity contribution in [3.05, 3.63) is 36.5 Å². The number of anilines is 2. The molecule has 6 heteroatoms. The molecule has 0 fully saturated rings. The van der Waals surface area contributed by atoms with Crippen LogP contribution in [0.2, 0.25) is 0 Å². The van der Waals surface area contributed by atoms with Gasteiger partial charge in [-0.15, -0.1) is 0 Å². The Hall–Kier alpha value is -2.55. The molecule has 0 unspecified atom stereocenters. The van der Waals surface area contributed by atoms with Gasteiger partial charge in [0.2, 0.25) is 0 Å². The fraction of sp³-hybridized carbons (Fsp3) is 0.308. The minimum Gasteiger partial charge on any atom is -0.396 e. The van der Waals surface area contributed by atoms with Gasteiger partial charge >= 0.3 is 0 Å². The van der Waals surface area contributed by atoms with Crippen LogP contribution in [0.5, 0.6) is 0 Å². The van der Waals surface area contributed by atoms with Gasteiger partial charge in [-0.25, -0.2) is 9.97 Å². The summed E-state index contributed by atoms with van der Waals surface area (Å²) in [7, 11) is 0. The zero-order valence-corrected chi connectivity index (χ0v) is 10.6. The molecule has 0 aromatic carbocycles. The Kier molecular flexibility index (Phi) is 4.34. The zero-order valence-electron chi connectivity index (χ0n) is 10.6. The monoisotopic (exact) mass is 256 g/mol. The fourth-order valence-electron chi connectivity index (χ4n) is 1.71. The number of aryl methyl sites for hydroxylation is 1. The van der Waals surface area contributed by atoms with Crippen LogP contribution in [0.3, 0.4) is 0 Å². The number of nitriles is 1. The van der Waals surface area contributed by atoms with E-state index in [1.807, 2.05) is 18.6 Å². The third kappa shape index (κ3) is 3.71. The van der Waals surface area contributed by atoms with E-state index in [1.54, 1.807) is 18.3 Å². The third-order valence-electron chi connectivity index (χ3n) is 2.74. The lowest BCUT2D eigenvalue weighted by Crippen LogP contribution is -2.06. The summed E-state index contributed by atoms with van der Waals surface area (Å²) >= 11 is 0. The van der Waals surface area contributed by atoms with Crippen LogP contribution >= 0.6 is 0 Å². The maximum absolute atomic E-state index is 8.83. The Morgan fingerprint density at radius 3 is 3.00 bits per heavy atom. The number of hydrogen-bond acceptors (Lipinski definition) is 5. The van der Waals surface area contributed by atoms with E-state index in [-0.39, 0.29) is 5.69 Å².